The van der Waals surface area contributed by atoms with Crippen molar-refractivity contribution in [3.63, 3.8) is 0 Å². The first kappa shape index (κ1) is 16.6. The average Bonchev–Trinajstić information content (AvgIpc) is 2.59. The molecule has 0 atom stereocenters. The Balaban J connectivity index is 1.70. The number of hydrogen-bond acceptors (Lipinski definition) is 5. The predicted molar refractivity (Wildman–Crippen MR) is 94.1 cm³/mol. The Morgan fingerprint density at radius 3 is 2.62 bits per heavy atom. The van der Waals surface area contributed by atoms with E-state index in [0.717, 1.165) is 36.9 Å². The normalized spacial score (nSPS) is 16.8. The molecule has 0 aromatic carbocycles. The number of aromatic amines is 1. The van der Waals surface area contributed by atoms with Crippen LogP contribution in [0.15, 0.2) is 23.1 Å². The van der Waals surface area contributed by atoms with Gasteiger partial charge in [0.15, 0.2) is 0 Å². The van der Waals surface area contributed by atoms with Crippen molar-refractivity contribution in [1.29, 1.82) is 0 Å². The van der Waals surface area contributed by atoms with E-state index >= 15 is 0 Å². The van der Waals surface area contributed by atoms with Crippen LogP contribution in [0.3, 0.4) is 0 Å². The SMILES string of the molecule is Cc1nc(-c2ccc(NCC3(O)CCCCC3)nc2)[nH]c(=O)c1C. The van der Waals surface area contributed by atoms with Crippen molar-refractivity contribution in [1.82, 2.24) is 15.0 Å². The van der Waals surface area contributed by atoms with Crippen LogP contribution in [0.25, 0.3) is 11.4 Å². The number of nitrogens with one attached hydrogen (secondary N) is 2. The summed E-state index contributed by atoms with van der Waals surface area (Å²) in [6.45, 7) is 4.09. The first-order valence-corrected chi connectivity index (χ1v) is 8.47. The Morgan fingerprint density at radius 2 is 2.00 bits per heavy atom. The molecule has 1 saturated carbocycles. The van der Waals surface area contributed by atoms with Gasteiger partial charge in [0.05, 0.1) is 5.60 Å². The van der Waals surface area contributed by atoms with Crippen molar-refractivity contribution in [2.45, 2.75) is 51.6 Å². The zero-order chi connectivity index (χ0) is 17.2. The zero-order valence-corrected chi connectivity index (χ0v) is 14.2. The number of pyridine rings is 1. The van der Waals surface area contributed by atoms with Gasteiger partial charge in [-0.2, -0.15) is 0 Å². The van der Waals surface area contributed by atoms with E-state index < -0.39 is 5.60 Å². The van der Waals surface area contributed by atoms with E-state index in [9.17, 15) is 9.90 Å². The van der Waals surface area contributed by atoms with E-state index in [-0.39, 0.29) is 5.56 Å². The van der Waals surface area contributed by atoms with Crippen LogP contribution < -0.4 is 10.9 Å². The largest absolute Gasteiger partial charge is 0.388 e. The Hall–Kier alpha value is -2.21. The van der Waals surface area contributed by atoms with Crippen molar-refractivity contribution < 1.29 is 5.11 Å². The van der Waals surface area contributed by atoms with Gasteiger partial charge in [-0.1, -0.05) is 19.3 Å². The van der Waals surface area contributed by atoms with Gasteiger partial charge in [-0.25, -0.2) is 9.97 Å². The molecule has 1 aliphatic carbocycles. The molecule has 0 aliphatic heterocycles. The summed E-state index contributed by atoms with van der Waals surface area (Å²) in [7, 11) is 0. The molecule has 24 heavy (non-hydrogen) atoms. The molecule has 0 amide bonds. The van der Waals surface area contributed by atoms with Crippen LogP contribution in [0.1, 0.15) is 43.4 Å². The summed E-state index contributed by atoms with van der Waals surface area (Å²) >= 11 is 0. The first-order chi connectivity index (χ1) is 11.5. The molecule has 6 heteroatoms. The summed E-state index contributed by atoms with van der Waals surface area (Å²) in [5.41, 5.74) is 1.36. The number of aromatic nitrogens is 3. The highest BCUT2D eigenvalue weighted by molar-refractivity contribution is 5.56. The second kappa shape index (κ2) is 6.73. The quantitative estimate of drug-likeness (QED) is 0.802. The summed E-state index contributed by atoms with van der Waals surface area (Å²) in [6, 6.07) is 3.71. The Morgan fingerprint density at radius 1 is 1.25 bits per heavy atom. The number of aliphatic hydroxyl groups is 1. The van der Waals surface area contributed by atoms with Crippen molar-refractivity contribution in [2.75, 3.05) is 11.9 Å². The van der Waals surface area contributed by atoms with Gasteiger partial charge in [0, 0.05) is 29.6 Å². The van der Waals surface area contributed by atoms with E-state index in [4.69, 9.17) is 0 Å². The maximum Gasteiger partial charge on any atom is 0.254 e. The van der Waals surface area contributed by atoms with Crippen LogP contribution in [0.2, 0.25) is 0 Å². The molecule has 0 bridgehead atoms. The van der Waals surface area contributed by atoms with Gasteiger partial charge in [0.25, 0.3) is 5.56 Å². The molecule has 3 N–H and O–H groups in total. The van der Waals surface area contributed by atoms with Crippen LogP contribution in [-0.4, -0.2) is 32.2 Å². The molecular weight excluding hydrogens is 304 g/mol. The summed E-state index contributed by atoms with van der Waals surface area (Å²) in [4.78, 5) is 23.4. The molecule has 1 aliphatic rings. The molecule has 0 spiro atoms. The fourth-order valence-corrected chi connectivity index (χ4v) is 3.06. The maximum absolute atomic E-state index is 11.9. The maximum atomic E-state index is 11.9. The topological polar surface area (TPSA) is 90.9 Å². The average molecular weight is 328 g/mol. The van der Waals surface area contributed by atoms with Crippen molar-refractivity contribution in [3.05, 3.63) is 39.9 Å². The number of rotatable bonds is 4. The minimum Gasteiger partial charge on any atom is -0.388 e. The van der Waals surface area contributed by atoms with Crippen LogP contribution in [0.4, 0.5) is 5.82 Å². The molecule has 128 valence electrons. The van der Waals surface area contributed by atoms with Crippen LogP contribution in [-0.2, 0) is 0 Å². The first-order valence-electron chi connectivity index (χ1n) is 8.47. The third-order valence-electron chi connectivity index (χ3n) is 4.81. The summed E-state index contributed by atoms with van der Waals surface area (Å²) in [5.74, 6) is 1.23. The van der Waals surface area contributed by atoms with E-state index in [1.807, 2.05) is 19.1 Å². The molecule has 2 aromatic rings. The Bertz CT molecular complexity index is 762. The number of H-pyrrole nitrogens is 1. The Labute approximate surface area is 141 Å². The molecule has 0 unspecified atom stereocenters. The van der Waals surface area contributed by atoms with Gasteiger partial charge in [-0.15, -0.1) is 0 Å². The number of nitrogens with zero attached hydrogens (tertiary/aromatic N) is 2. The zero-order valence-electron chi connectivity index (χ0n) is 14.2. The van der Waals surface area contributed by atoms with Gasteiger partial charge in [-0.3, -0.25) is 4.79 Å². The molecule has 2 heterocycles. The minimum absolute atomic E-state index is 0.126. The fraction of sp³-hybridized carbons (Fsp3) is 0.500. The van der Waals surface area contributed by atoms with Gasteiger partial charge in [0.1, 0.15) is 11.6 Å². The highest BCUT2D eigenvalue weighted by Crippen LogP contribution is 2.28. The monoisotopic (exact) mass is 328 g/mol. The molecule has 0 saturated heterocycles. The molecule has 0 radical (unpaired) electrons. The molecule has 1 fully saturated rings. The van der Waals surface area contributed by atoms with Crippen LogP contribution in [0.5, 0.6) is 0 Å². The predicted octanol–water partition coefficient (Wildman–Crippen LogP) is 2.56. The molecule has 2 aromatic heterocycles. The number of aryl methyl sites for hydroxylation is 1. The van der Waals surface area contributed by atoms with Gasteiger partial charge >= 0.3 is 0 Å². The number of hydrogen-bond donors (Lipinski definition) is 3. The molecule has 6 nitrogen and oxygen atoms in total. The molecular formula is C18H24N4O2. The lowest BCUT2D eigenvalue weighted by atomic mass is 9.85. The standard InChI is InChI=1S/C18H24N4O2/c1-12-13(2)21-16(22-17(12)23)14-6-7-15(19-10-14)20-11-18(24)8-4-3-5-9-18/h6-7,10,24H,3-5,8-9,11H2,1-2H3,(H,19,20)(H,21,22,23). The third kappa shape index (κ3) is 3.64. The number of anilines is 1. The van der Waals surface area contributed by atoms with Crippen molar-refractivity contribution in [2.24, 2.45) is 0 Å². The fourth-order valence-electron chi connectivity index (χ4n) is 3.06. The lowest BCUT2D eigenvalue weighted by molar-refractivity contribution is 0.0166. The highest BCUT2D eigenvalue weighted by atomic mass is 16.3. The van der Waals surface area contributed by atoms with Crippen LogP contribution >= 0.6 is 0 Å². The van der Waals surface area contributed by atoms with Gasteiger partial charge < -0.3 is 15.4 Å². The second-order valence-electron chi connectivity index (χ2n) is 6.70. The van der Waals surface area contributed by atoms with E-state index in [0.29, 0.717) is 23.8 Å². The smallest absolute Gasteiger partial charge is 0.254 e. The summed E-state index contributed by atoms with van der Waals surface area (Å²) in [6.07, 6.45) is 6.72. The van der Waals surface area contributed by atoms with Gasteiger partial charge in [-0.05, 0) is 38.8 Å². The van der Waals surface area contributed by atoms with Crippen molar-refractivity contribution >= 4 is 5.82 Å². The summed E-state index contributed by atoms with van der Waals surface area (Å²) < 4.78 is 0. The van der Waals surface area contributed by atoms with Crippen LogP contribution in [0, 0.1) is 13.8 Å². The third-order valence-corrected chi connectivity index (χ3v) is 4.81. The highest BCUT2D eigenvalue weighted by Gasteiger charge is 2.28. The Kier molecular flexibility index (Phi) is 4.66. The summed E-state index contributed by atoms with van der Waals surface area (Å²) in [5, 5.41) is 13.7. The van der Waals surface area contributed by atoms with E-state index in [1.165, 1.54) is 6.42 Å². The lowest BCUT2D eigenvalue weighted by Gasteiger charge is -2.32. The molecule has 3 rings (SSSR count). The minimum atomic E-state index is -0.626. The van der Waals surface area contributed by atoms with E-state index in [1.54, 1.807) is 13.1 Å². The second-order valence-corrected chi connectivity index (χ2v) is 6.70. The van der Waals surface area contributed by atoms with E-state index in [2.05, 4.69) is 20.3 Å². The lowest BCUT2D eigenvalue weighted by Crippen LogP contribution is -2.38. The van der Waals surface area contributed by atoms with Crippen molar-refractivity contribution in [3.8, 4) is 11.4 Å². The van der Waals surface area contributed by atoms with Gasteiger partial charge in [0.2, 0.25) is 0 Å².